The molecule has 2 aliphatic heterocycles. The van der Waals surface area contributed by atoms with Crippen LogP contribution in [0.5, 0.6) is 5.75 Å². The van der Waals surface area contributed by atoms with Crippen molar-refractivity contribution in [3.05, 3.63) is 64.7 Å². The highest BCUT2D eigenvalue weighted by molar-refractivity contribution is 5.77. The van der Waals surface area contributed by atoms with E-state index in [1.54, 1.807) is 6.92 Å². The Bertz CT molecular complexity index is 913. The average Bonchev–Trinajstić information content (AvgIpc) is 3.17. The smallest absolute Gasteiger partial charge is 0.275 e. The maximum absolute atomic E-state index is 13.9. The van der Waals surface area contributed by atoms with E-state index in [4.69, 9.17) is 4.74 Å². The van der Waals surface area contributed by atoms with Crippen LogP contribution in [-0.2, 0) is 17.8 Å². The largest absolute Gasteiger partial charge is 0.493 e. The van der Waals surface area contributed by atoms with E-state index in [-0.39, 0.29) is 5.91 Å². The summed E-state index contributed by atoms with van der Waals surface area (Å²) in [6, 6.07) is 9.44. The SMILES string of the molecule is C[C@H](NC(=O)C[NH+]1CC[NH+](Cc2ccc3c(c2)CCO3)CC1)c1ccc(F)cc1F. The summed E-state index contributed by atoms with van der Waals surface area (Å²) < 4.78 is 32.5. The lowest BCUT2D eigenvalue weighted by atomic mass is 10.1. The van der Waals surface area contributed by atoms with E-state index in [9.17, 15) is 13.6 Å². The van der Waals surface area contributed by atoms with Crippen LogP contribution in [0.15, 0.2) is 36.4 Å². The van der Waals surface area contributed by atoms with Crippen LogP contribution in [0.3, 0.4) is 0 Å². The molecule has 2 heterocycles. The van der Waals surface area contributed by atoms with Crippen LogP contribution in [0, 0.1) is 11.6 Å². The Morgan fingerprint density at radius 1 is 1.10 bits per heavy atom. The molecule has 0 radical (unpaired) electrons. The van der Waals surface area contributed by atoms with Crippen molar-refractivity contribution >= 4 is 5.91 Å². The van der Waals surface area contributed by atoms with Crippen LogP contribution in [-0.4, -0.2) is 45.2 Å². The van der Waals surface area contributed by atoms with E-state index in [1.165, 1.54) is 33.1 Å². The third-order valence-corrected chi connectivity index (χ3v) is 6.09. The molecule has 30 heavy (non-hydrogen) atoms. The van der Waals surface area contributed by atoms with E-state index >= 15 is 0 Å². The topological polar surface area (TPSA) is 47.2 Å². The number of ether oxygens (including phenoxy) is 1. The third-order valence-electron chi connectivity index (χ3n) is 6.09. The summed E-state index contributed by atoms with van der Waals surface area (Å²) >= 11 is 0. The van der Waals surface area contributed by atoms with Crippen LogP contribution in [0.2, 0.25) is 0 Å². The first-order valence-electron chi connectivity index (χ1n) is 10.6. The van der Waals surface area contributed by atoms with Crippen LogP contribution < -0.4 is 19.9 Å². The number of piperazine rings is 1. The highest BCUT2D eigenvalue weighted by Gasteiger charge is 2.26. The molecule has 2 aromatic rings. The summed E-state index contributed by atoms with van der Waals surface area (Å²) in [5, 5.41) is 2.84. The Hall–Kier alpha value is -2.51. The van der Waals surface area contributed by atoms with Crippen molar-refractivity contribution in [2.24, 2.45) is 0 Å². The Morgan fingerprint density at radius 2 is 1.87 bits per heavy atom. The summed E-state index contributed by atoms with van der Waals surface area (Å²) in [6.07, 6.45) is 0.992. The lowest BCUT2D eigenvalue weighted by Gasteiger charge is -2.29. The third kappa shape index (κ3) is 4.96. The fourth-order valence-electron chi connectivity index (χ4n) is 4.40. The molecule has 1 saturated heterocycles. The molecule has 0 aromatic heterocycles. The lowest BCUT2D eigenvalue weighted by molar-refractivity contribution is -1.02. The van der Waals surface area contributed by atoms with Crippen LogP contribution in [0.25, 0.3) is 0 Å². The first-order chi connectivity index (χ1) is 14.5. The van der Waals surface area contributed by atoms with Crippen molar-refractivity contribution < 1.29 is 28.1 Å². The maximum atomic E-state index is 13.9. The minimum atomic E-state index is -0.634. The number of quaternary nitrogens is 2. The summed E-state index contributed by atoms with van der Waals surface area (Å²) in [4.78, 5) is 15.2. The summed E-state index contributed by atoms with van der Waals surface area (Å²) in [5.74, 6) is -0.342. The van der Waals surface area contributed by atoms with Gasteiger partial charge >= 0.3 is 0 Å². The summed E-state index contributed by atoms with van der Waals surface area (Å²) in [5.41, 5.74) is 2.94. The first kappa shape index (κ1) is 20.8. The minimum absolute atomic E-state index is 0.108. The molecule has 0 bridgehead atoms. The van der Waals surface area contributed by atoms with Gasteiger partial charge in [-0.1, -0.05) is 6.07 Å². The van der Waals surface area contributed by atoms with Gasteiger partial charge in [0.05, 0.1) is 12.6 Å². The van der Waals surface area contributed by atoms with Gasteiger partial charge in [0.2, 0.25) is 0 Å². The van der Waals surface area contributed by atoms with E-state index in [0.29, 0.717) is 12.1 Å². The maximum Gasteiger partial charge on any atom is 0.275 e. The molecule has 3 N–H and O–H groups in total. The van der Waals surface area contributed by atoms with Gasteiger partial charge in [0.1, 0.15) is 50.1 Å². The number of nitrogens with one attached hydrogen (secondary N) is 3. The fourth-order valence-corrected chi connectivity index (χ4v) is 4.40. The fraction of sp³-hybridized carbons (Fsp3) is 0.435. The molecule has 7 heteroatoms. The molecular formula is C23H29F2N3O2+2. The minimum Gasteiger partial charge on any atom is -0.493 e. The summed E-state index contributed by atoms with van der Waals surface area (Å²) in [7, 11) is 0. The number of hydrogen-bond acceptors (Lipinski definition) is 2. The van der Waals surface area contributed by atoms with E-state index in [0.717, 1.165) is 57.6 Å². The van der Waals surface area contributed by atoms with E-state index < -0.39 is 17.7 Å². The number of fused-ring (bicyclic) bond motifs is 1. The molecule has 0 saturated carbocycles. The standard InChI is InChI=1S/C23H27F2N3O2/c1-16(20-4-3-19(24)13-21(20)25)26-23(29)15-28-9-7-27(8-10-28)14-17-2-5-22-18(12-17)6-11-30-22/h2-5,12-13,16H,6-11,14-15H2,1H3,(H,26,29)/p+2/t16-/m0/s1. The second kappa shape index (κ2) is 9.10. The van der Waals surface area contributed by atoms with Gasteiger partial charge in [0, 0.05) is 23.6 Å². The Kier molecular flexibility index (Phi) is 6.29. The molecule has 1 amide bonds. The van der Waals surface area contributed by atoms with Gasteiger partial charge in [-0.15, -0.1) is 0 Å². The number of carbonyl (C=O) groups is 1. The molecular weight excluding hydrogens is 388 g/mol. The van der Waals surface area contributed by atoms with Gasteiger partial charge in [-0.05, 0) is 36.8 Å². The zero-order valence-corrected chi connectivity index (χ0v) is 17.3. The van der Waals surface area contributed by atoms with Crippen molar-refractivity contribution in [1.29, 1.82) is 0 Å². The van der Waals surface area contributed by atoms with Gasteiger partial charge < -0.3 is 19.9 Å². The highest BCUT2D eigenvalue weighted by atomic mass is 19.1. The zero-order valence-electron chi connectivity index (χ0n) is 17.3. The van der Waals surface area contributed by atoms with E-state index in [1.807, 2.05) is 0 Å². The monoisotopic (exact) mass is 417 g/mol. The molecule has 2 aliphatic rings. The number of rotatable bonds is 6. The molecule has 160 valence electrons. The molecule has 1 fully saturated rings. The van der Waals surface area contributed by atoms with Crippen molar-refractivity contribution in [2.45, 2.75) is 25.9 Å². The van der Waals surface area contributed by atoms with Crippen LogP contribution in [0.4, 0.5) is 8.78 Å². The quantitative estimate of drug-likeness (QED) is 0.623. The molecule has 5 nitrogen and oxygen atoms in total. The second-order valence-corrected chi connectivity index (χ2v) is 8.35. The van der Waals surface area contributed by atoms with Crippen molar-refractivity contribution in [3.63, 3.8) is 0 Å². The summed E-state index contributed by atoms with van der Waals surface area (Å²) in [6.45, 7) is 7.74. The predicted octanol–water partition coefficient (Wildman–Crippen LogP) is 0.0605. The molecule has 1 atom stereocenters. The number of carbonyl (C=O) groups excluding carboxylic acids is 1. The normalized spacial score (nSPS) is 21.6. The highest BCUT2D eigenvalue weighted by Crippen LogP contribution is 2.25. The Labute approximate surface area is 175 Å². The molecule has 0 unspecified atom stereocenters. The van der Waals surface area contributed by atoms with Gasteiger partial charge in [-0.3, -0.25) is 4.79 Å². The Morgan fingerprint density at radius 3 is 2.63 bits per heavy atom. The van der Waals surface area contributed by atoms with Crippen molar-refractivity contribution in [2.75, 3.05) is 39.3 Å². The molecule has 4 rings (SSSR count). The predicted molar refractivity (Wildman–Crippen MR) is 109 cm³/mol. The van der Waals surface area contributed by atoms with Crippen LogP contribution >= 0.6 is 0 Å². The molecule has 0 spiro atoms. The average molecular weight is 418 g/mol. The van der Waals surface area contributed by atoms with Gasteiger partial charge in [0.25, 0.3) is 5.91 Å². The van der Waals surface area contributed by atoms with Gasteiger partial charge in [-0.25, -0.2) is 8.78 Å². The number of benzene rings is 2. The van der Waals surface area contributed by atoms with Gasteiger partial charge in [-0.2, -0.15) is 0 Å². The van der Waals surface area contributed by atoms with E-state index in [2.05, 4.69) is 23.5 Å². The van der Waals surface area contributed by atoms with Crippen molar-refractivity contribution in [3.8, 4) is 5.75 Å². The number of halogens is 2. The first-order valence-corrected chi connectivity index (χ1v) is 10.6. The number of hydrogen-bond donors (Lipinski definition) is 3. The molecule has 0 aliphatic carbocycles. The lowest BCUT2D eigenvalue weighted by Crippen LogP contribution is -3.28. The number of amides is 1. The molecule has 2 aromatic carbocycles. The van der Waals surface area contributed by atoms with Crippen molar-refractivity contribution in [1.82, 2.24) is 5.32 Å². The second-order valence-electron chi connectivity index (χ2n) is 8.35. The van der Waals surface area contributed by atoms with Crippen LogP contribution in [0.1, 0.15) is 29.7 Å². The van der Waals surface area contributed by atoms with Gasteiger partial charge in [0.15, 0.2) is 6.54 Å². The zero-order chi connectivity index (χ0) is 21.1. The Balaban J connectivity index is 1.23.